The van der Waals surface area contributed by atoms with Crippen LogP contribution in [-0.4, -0.2) is 33.5 Å². The van der Waals surface area contributed by atoms with E-state index >= 15 is 0 Å². The minimum Gasteiger partial charge on any atom is -0.384 e. The van der Waals surface area contributed by atoms with Gasteiger partial charge in [-0.3, -0.25) is 0 Å². The molecule has 24 heavy (non-hydrogen) atoms. The van der Waals surface area contributed by atoms with Crippen molar-refractivity contribution in [3.05, 3.63) is 63.6 Å². The number of hydrogen-bond acceptors (Lipinski definition) is 5. The molecule has 2 heterocycles. The van der Waals surface area contributed by atoms with Crippen LogP contribution >= 0.6 is 11.3 Å². The Bertz CT molecular complexity index is 766. The molecule has 0 saturated carbocycles. The largest absolute Gasteiger partial charge is 0.384 e. The Morgan fingerprint density at radius 1 is 1.12 bits per heavy atom. The number of benzene rings is 1. The highest BCUT2D eigenvalue weighted by atomic mass is 32.1. The van der Waals surface area contributed by atoms with E-state index in [2.05, 4.69) is 39.7 Å². The summed E-state index contributed by atoms with van der Waals surface area (Å²) in [6.45, 7) is 3.48. The van der Waals surface area contributed by atoms with Crippen LogP contribution in [0.5, 0.6) is 0 Å². The van der Waals surface area contributed by atoms with Gasteiger partial charge in [-0.2, -0.15) is 5.10 Å². The summed E-state index contributed by atoms with van der Waals surface area (Å²) >= 11 is 1.67. The van der Waals surface area contributed by atoms with Crippen LogP contribution in [0.2, 0.25) is 0 Å². The van der Waals surface area contributed by atoms with Crippen molar-refractivity contribution in [2.24, 2.45) is 0 Å². The monoisotopic (exact) mass is 342 g/mol. The number of ether oxygens (including phenoxy) is 1. The van der Waals surface area contributed by atoms with Crippen molar-refractivity contribution in [2.75, 3.05) is 13.7 Å². The first-order valence-electron chi connectivity index (χ1n) is 8.11. The summed E-state index contributed by atoms with van der Waals surface area (Å²) < 4.78 is 7.17. The van der Waals surface area contributed by atoms with Crippen LogP contribution in [0.4, 0.5) is 0 Å². The first-order chi connectivity index (χ1) is 11.7. The Morgan fingerprint density at radius 3 is 2.67 bits per heavy atom. The molecule has 126 valence electrons. The lowest BCUT2D eigenvalue weighted by atomic mass is 10.1. The van der Waals surface area contributed by atoms with Gasteiger partial charge in [0.1, 0.15) is 5.82 Å². The molecule has 3 rings (SSSR count). The Kier molecular flexibility index (Phi) is 5.72. The summed E-state index contributed by atoms with van der Waals surface area (Å²) in [5.74, 6) is 1.81. The van der Waals surface area contributed by atoms with E-state index in [1.165, 1.54) is 5.56 Å². The quantitative estimate of drug-likeness (QED) is 0.631. The van der Waals surface area contributed by atoms with Crippen molar-refractivity contribution in [3.8, 4) is 0 Å². The Labute approximate surface area is 146 Å². The standard InChI is InChI=1S/C18H22N4OS/c1-14-19-16(13-24-14)12-18-20-17(9-11-23-2)21-22(18)10-8-15-6-4-3-5-7-15/h3-7,13H,8-12H2,1-2H3. The second kappa shape index (κ2) is 8.17. The van der Waals surface area contributed by atoms with E-state index in [1.807, 2.05) is 17.7 Å². The van der Waals surface area contributed by atoms with Crippen LogP contribution in [0.25, 0.3) is 0 Å². The molecule has 2 aromatic heterocycles. The molecule has 5 nitrogen and oxygen atoms in total. The van der Waals surface area contributed by atoms with Gasteiger partial charge in [0.2, 0.25) is 0 Å². The number of hydrogen-bond donors (Lipinski definition) is 0. The van der Waals surface area contributed by atoms with E-state index in [0.29, 0.717) is 6.61 Å². The second-order valence-corrected chi connectivity index (χ2v) is 6.74. The van der Waals surface area contributed by atoms with E-state index in [1.54, 1.807) is 18.4 Å². The van der Waals surface area contributed by atoms with Gasteiger partial charge >= 0.3 is 0 Å². The van der Waals surface area contributed by atoms with Crippen molar-refractivity contribution < 1.29 is 4.74 Å². The predicted molar refractivity (Wildman–Crippen MR) is 95.4 cm³/mol. The minimum atomic E-state index is 0.637. The zero-order chi connectivity index (χ0) is 16.8. The molecule has 0 bridgehead atoms. The summed E-state index contributed by atoms with van der Waals surface area (Å²) in [5, 5.41) is 7.85. The van der Waals surface area contributed by atoms with Gasteiger partial charge in [-0.15, -0.1) is 11.3 Å². The first-order valence-corrected chi connectivity index (χ1v) is 8.99. The molecule has 0 N–H and O–H groups in total. The third-order valence-corrected chi connectivity index (χ3v) is 4.61. The zero-order valence-corrected chi connectivity index (χ0v) is 14.9. The van der Waals surface area contributed by atoms with Crippen molar-refractivity contribution in [1.82, 2.24) is 19.7 Å². The number of aryl methyl sites for hydroxylation is 3. The van der Waals surface area contributed by atoms with E-state index in [0.717, 1.165) is 48.2 Å². The van der Waals surface area contributed by atoms with Gasteiger partial charge in [-0.05, 0) is 18.9 Å². The maximum atomic E-state index is 5.15. The molecular weight excluding hydrogens is 320 g/mol. The summed E-state index contributed by atoms with van der Waals surface area (Å²) in [6.07, 6.45) is 2.40. The number of methoxy groups -OCH3 is 1. The van der Waals surface area contributed by atoms with Crippen LogP contribution in [-0.2, 0) is 30.5 Å². The van der Waals surface area contributed by atoms with Gasteiger partial charge in [-0.25, -0.2) is 14.6 Å². The molecule has 0 atom stereocenters. The molecule has 0 amide bonds. The summed E-state index contributed by atoms with van der Waals surface area (Å²) in [6, 6.07) is 10.5. The predicted octanol–water partition coefficient (Wildman–Crippen LogP) is 3.07. The molecule has 0 fully saturated rings. The number of thiazole rings is 1. The molecule has 1 aromatic carbocycles. The van der Waals surface area contributed by atoms with E-state index in [-0.39, 0.29) is 0 Å². The molecule has 3 aromatic rings. The SMILES string of the molecule is COCCc1nc(Cc2csc(C)n2)n(CCc2ccccc2)n1. The summed E-state index contributed by atoms with van der Waals surface area (Å²) in [5.41, 5.74) is 2.37. The van der Waals surface area contributed by atoms with Crippen molar-refractivity contribution in [3.63, 3.8) is 0 Å². The third-order valence-electron chi connectivity index (χ3n) is 3.78. The Morgan fingerprint density at radius 2 is 1.96 bits per heavy atom. The van der Waals surface area contributed by atoms with Gasteiger partial charge < -0.3 is 4.74 Å². The van der Waals surface area contributed by atoms with Crippen molar-refractivity contribution in [1.29, 1.82) is 0 Å². The Hall–Kier alpha value is -2.05. The van der Waals surface area contributed by atoms with Crippen LogP contribution in [0.1, 0.15) is 27.9 Å². The van der Waals surface area contributed by atoms with Crippen molar-refractivity contribution >= 4 is 11.3 Å². The van der Waals surface area contributed by atoms with E-state index < -0.39 is 0 Å². The second-order valence-electron chi connectivity index (χ2n) is 5.68. The van der Waals surface area contributed by atoms with Gasteiger partial charge in [0, 0.05) is 25.5 Å². The average Bonchev–Trinajstić information content (AvgIpc) is 3.18. The van der Waals surface area contributed by atoms with Crippen LogP contribution in [0, 0.1) is 6.92 Å². The zero-order valence-electron chi connectivity index (χ0n) is 14.1. The molecule has 0 radical (unpaired) electrons. The van der Waals surface area contributed by atoms with Gasteiger partial charge in [0.15, 0.2) is 5.82 Å². The minimum absolute atomic E-state index is 0.637. The van der Waals surface area contributed by atoms with E-state index in [9.17, 15) is 0 Å². The highest BCUT2D eigenvalue weighted by Gasteiger charge is 2.12. The third kappa shape index (κ3) is 4.49. The highest BCUT2D eigenvalue weighted by Crippen LogP contribution is 2.13. The lowest BCUT2D eigenvalue weighted by molar-refractivity contribution is 0.200. The highest BCUT2D eigenvalue weighted by molar-refractivity contribution is 7.09. The average molecular weight is 342 g/mol. The fraction of sp³-hybridized carbons (Fsp3) is 0.389. The number of aromatic nitrogens is 4. The molecule has 0 unspecified atom stereocenters. The lowest BCUT2D eigenvalue weighted by Crippen LogP contribution is -2.09. The molecule has 0 aliphatic heterocycles. The fourth-order valence-corrected chi connectivity index (χ4v) is 3.18. The Balaban J connectivity index is 1.75. The van der Waals surface area contributed by atoms with Crippen LogP contribution < -0.4 is 0 Å². The van der Waals surface area contributed by atoms with Gasteiger partial charge in [0.25, 0.3) is 0 Å². The normalized spacial score (nSPS) is 11.1. The molecule has 0 aliphatic carbocycles. The smallest absolute Gasteiger partial charge is 0.153 e. The fourth-order valence-electron chi connectivity index (χ4n) is 2.57. The van der Waals surface area contributed by atoms with Gasteiger partial charge in [-0.1, -0.05) is 30.3 Å². The number of nitrogens with zero attached hydrogens (tertiary/aromatic N) is 4. The van der Waals surface area contributed by atoms with Crippen LogP contribution in [0.15, 0.2) is 35.7 Å². The molecule has 0 aliphatic rings. The summed E-state index contributed by atoms with van der Waals surface area (Å²) in [7, 11) is 1.70. The maximum absolute atomic E-state index is 5.15. The lowest BCUT2D eigenvalue weighted by Gasteiger charge is -2.05. The topological polar surface area (TPSA) is 52.8 Å². The molecular formula is C18H22N4OS. The van der Waals surface area contributed by atoms with Gasteiger partial charge in [0.05, 0.1) is 23.7 Å². The van der Waals surface area contributed by atoms with E-state index in [4.69, 9.17) is 9.72 Å². The molecule has 0 spiro atoms. The molecule has 6 heteroatoms. The molecule has 0 saturated heterocycles. The van der Waals surface area contributed by atoms with Crippen molar-refractivity contribution in [2.45, 2.75) is 32.7 Å². The summed E-state index contributed by atoms with van der Waals surface area (Å²) in [4.78, 5) is 9.25. The first kappa shape index (κ1) is 16.8. The maximum Gasteiger partial charge on any atom is 0.153 e. The van der Waals surface area contributed by atoms with Crippen LogP contribution in [0.3, 0.4) is 0 Å². The number of rotatable bonds is 8.